The van der Waals surface area contributed by atoms with Gasteiger partial charge >= 0.3 is 0 Å². The van der Waals surface area contributed by atoms with E-state index in [9.17, 15) is 9.59 Å². The van der Waals surface area contributed by atoms with Crippen molar-refractivity contribution in [3.05, 3.63) is 88.3 Å². The molecule has 1 amide bonds. The van der Waals surface area contributed by atoms with E-state index in [1.54, 1.807) is 17.2 Å². The summed E-state index contributed by atoms with van der Waals surface area (Å²) in [5, 5.41) is 3.29. The molecule has 0 fully saturated rings. The van der Waals surface area contributed by atoms with Crippen molar-refractivity contribution in [3.63, 3.8) is 0 Å². The van der Waals surface area contributed by atoms with Crippen LogP contribution in [0, 0.1) is 0 Å². The Kier molecular flexibility index (Phi) is 5.08. The summed E-state index contributed by atoms with van der Waals surface area (Å²) in [6.07, 6.45) is 1.68. The summed E-state index contributed by atoms with van der Waals surface area (Å²) in [5.74, 6) is 0.246. The first kappa shape index (κ1) is 19.8. The Morgan fingerprint density at radius 1 is 1.00 bits per heavy atom. The van der Waals surface area contributed by atoms with Gasteiger partial charge in [-0.3, -0.25) is 9.59 Å². The third-order valence-electron chi connectivity index (χ3n) is 5.28. The zero-order chi connectivity index (χ0) is 21.3. The molecular formula is C24H25N3O3. The third-order valence-corrected chi connectivity index (χ3v) is 5.28. The molecule has 2 aromatic carbocycles. The number of rotatable bonds is 5. The summed E-state index contributed by atoms with van der Waals surface area (Å²) in [7, 11) is 1.86. The topological polar surface area (TPSA) is 63.6 Å². The summed E-state index contributed by atoms with van der Waals surface area (Å²) in [4.78, 5) is 27.5. The van der Waals surface area contributed by atoms with Crippen molar-refractivity contribution in [1.29, 1.82) is 0 Å². The molecule has 0 saturated carbocycles. The molecule has 154 valence electrons. The number of para-hydroxylation sites is 2. The minimum absolute atomic E-state index is 0.0435. The summed E-state index contributed by atoms with van der Waals surface area (Å²) in [6.45, 7) is 4.34. The monoisotopic (exact) mass is 403 g/mol. The fourth-order valence-electron chi connectivity index (χ4n) is 3.62. The lowest BCUT2D eigenvalue weighted by Gasteiger charge is -2.40. The van der Waals surface area contributed by atoms with E-state index in [4.69, 9.17) is 4.74 Å². The fraction of sp³-hybridized carbons (Fsp3) is 0.250. The van der Waals surface area contributed by atoms with E-state index in [1.165, 1.54) is 0 Å². The number of fused-ring (bicyclic) bond motifs is 1. The molecule has 1 N–H and O–H groups in total. The van der Waals surface area contributed by atoms with E-state index in [0.29, 0.717) is 13.2 Å². The largest absolute Gasteiger partial charge is 0.483 e. The van der Waals surface area contributed by atoms with E-state index in [1.807, 2.05) is 80.1 Å². The maximum atomic E-state index is 13.1. The SMILES string of the molecule is Cn1cc(OCc2ccccc2)c(=O)cc1CN1C(=O)C(C)(C)Nc2ccccc21. The Morgan fingerprint density at radius 3 is 2.47 bits per heavy atom. The highest BCUT2D eigenvalue weighted by molar-refractivity contribution is 6.07. The van der Waals surface area contributed by atoms with Gasteiger partial charge in [0.05, 0.1) is 24.1 Å². The van der Waals surface area contributed by atoms with Crippen molar-refractivity contribution < 1.29 is 9.53 Å². The van der Waals surface area contributed by atoms with Crippen molar-refractivity contribution in [1.82, 2.24) is 4.57 Å². The number of anilines is 2. The number of ether oxygens (including phenoxy) is 1. The predicted molar refractivity (Wildman–Crippen MR) is 118 cm³/mol. The Morgan fingerprint density at radius 2 is 1.70 bits per heavy atom. The van der Waals surface area contributed by atoms with Crippen molar-refractivity contribution >= 4 is 17.3 Å². The van der Waals surface area contributed by atoms with Gasteiger partial charge in [0.15, 0.2) is 5.75 Å². The molecule has 0 unspecified atom stereocenters. The summed E-state index contributed by atoms with van der Waals surface area (Å²) in [5.41, 5.74) is 2.50. The van der Waals surface area contributed by atoms with Crippen molar-refractivity contribution in [3.8, 4) is 5.75 Å². The number of hydrogen-bond acceptors (Lipinski definition) is 4. The normalized spacial score (nSPS) is 14.8. The van der Waals surface area contributed by atoms with Crippen LogP contribution in [0.15, 0.2) is 71.7 Å². The van der Waals surface area contributed by atoms with Gasteiger partial charge < -0.3 is 19.5 Å². The predicted octanol–water partition coefficient (Wildman–Crippen LogP) is 3.70. The maximum Gasteiger partial charge on any atom is 0.252 e. The van der Waals surface area contributed by atoms with E-state index in [-0.39, 0.29) is 17.1 Å². The van der Waals surface area contributed by atoms with Crippen molar-refractivity contribution in [2.45, 2.75) is 32.5 Å². The van der Waals surface area contributed by atoms with Gasteiger partial charge in [-0.25, -0.2) is 0 Å². The van der Waals surface area contributed by atoms with Crippen LogP contribution in [0.2, 0.25) is 0 Å². The average molecular weight is 403 g/mol. The van der Waals surface area contributed by atoms with Crippen LogP contribution in [0.5, 0.6) is 5.75 Å². The Labute approximate surface area is 175 Å². The first-order chi connectivity index (χ1) is 14.3. The van der Waals surface area contributed by atoms with Crippen LogP contribution >= 0.6 is 0 Å². The van der Waals surface area contributed by atoms with Crippen molar-refractivity contribution in [2.75, 3.05) is 10.2 Å². The van der Waals surface area contributed by atoms with Crippen LogP contribution in [-0.4, -0.2) is 16.0 Å². The van der Waals surface area contributed by atoms with E-state index in [2.05, 4.69) is 5.32 Å². The van der Waals surface area contributed by atoms with Gasteiger partial charge in [0.2, 0.25) is 5.43 Å². The Hall–Kier alpha value is -3.54. The Balaban J connectivity index is 1.60. The van der Waals surface area contributed by atoms with E-state index in [0.717, 1.165) is 22.6 Å². The van der Waals surface area contributed by atoms with Crippen LogP contribution in [0.4, 0.5) is 11.4 Å². The van der Waals surface area contributed by atoms with E-state index >= 15 is 0 Å². The standard InChI is InChI=1S/C24H25N3O3/c1-24(2)23(29)27(20-12-8-7-11-19(20)25-24)14-18-13-21(28)22(15-26(18)3)30-16-17-9-5-4-6-10-17/h4-13,15,25H,14,16H2,1-3H3. The molecule has 0 radical (unpaired) electrons. The lowest BCUT2D eigenvalue weighted by Crippen LogP contribution is -2.53. The lowest BCUT2D eigenvalue weighted by molar-refractivity contribution is -0.122. The molecular weight excluding hydrogens is 378 g/mol. The van der Waals surface area contributed by atoms with Crippen LogP contribution in [-0.2, 0) is 25.0 Å². The van der Waals surface area contributed by atoms with Gasteiger partial charge in [-0.2, -0.15) is 0 Å². The smallest absolute Gasteiger partial charge is 0.252 e. The molecule has 1 aliphatic rings. The number of benzene rings is 2. The number of carbonyl (C=O) groups is 1. The average Bonchev–Trinajstić information content (AvgIpc) is 2.73. The van der Waals surface area contributed by atoms with Gasteiger partial charge in [0, 0.05) is 18.8 Å². The second-order valence-corrected chi connectivity index (χ2v) is 8.04. The minimum Gasteiger partial charge on any atom is -0.483 e. The molecule has 6 nitrogen and oxygen atoms in total. The van der Waals surface area contributed by atoms with Crippen molar-refractivity contribution in [2.24, 2.45) is 7.05 Å². The quantitative estimate of drug-likeness (QED) is 0.706. The molecule has 0 saturated heterocycles. The number of nitrogens with one attached hydrogen (secondary N) is 1. The number of aromatic nitrogens is 1. The van der Waals surface area contributed by atoms with Crippen LogP contribution in [0.1, 0.15) is 25.1 Å². The highest BCUT2D eigenvalue weighted by Gasteiger charge is 2.38. The maximum absolute atomic E-state index is 13.1. The second-order valence-electron chi connectivity index (χ2n) is 8.04. The zero-order valence-corrected chi connectivity index (χ0v) is 17.4. The lowest BCUT2D eigenvalue weighted by atomic mass is 9.98. The Bertz CT molecular complexity index is 1140. The number of nitrogens with zero attached hydrogens (tertiary/aromatic N) is 2. The first-order valence-corrected chi connectivity index (χ1v) is 9.90. The van der Waals surface area contributed by atoms with Gasteiger partial charge in [-0.1, -0.05) is 42.5 Å². The summed E-state index contributed by atoms with van der Waals surface area (Å²) < 4.78 is 7.58. The molecule has 0 aliphatic carbocycles. The first-order valence-electron chi connectivity index (χ1n) is 9.90. The van der Waals surface area contributed by atoms with Gasteiger partial charge in [0.25, 0.3) is 5.91 Å². The molecule has 1 aromatic heterocycles. The molecule has 30 heavy (non-hydrogen) atoms. The number of hydrogen-bond donors (Lipinski definition) is 1. The second kappa shape index (κ2) is 7.71. The minimum atomic E-state index is -0.730. The molecule has 2 heterocycles. The van der Waals surface area contributed by atoms with Crippen LogP contribution in [0.3, 0.4) is 0 Å². The molecule has 6 heteroatoms. The molecule has 0 bridgehead atoms. The highest BCUT2D eigenvalue weighted by Crippen LogP contribution is 2.35. The zero-order valence-electron chi connectivity index (χ0n) is 17.4. The van der Waals surface area contributed by atoms with E-state index < -0.39 is 5.54 Å². The van der Waals surface area contributed by atoms with Crippen LogP contribution in [0.25, 0.3) is 0 Å². The van der Waals surface area contributed by atoms with Gasteiger partial charge in [0.1, 0.15) is 12.1 Å². The highest BCUT2D eigenvalue weighted by atomic mass is 16.5. The summed E-state index contributed by atoms with van der Waals surface area (Å²) >= 11 is 0. The number of aryl methyl sites for hydroxylation is 1. The fourth-order valence-corrected chi connectivity index (χ4v) is 3.62. The number of amides is 1. The number of pyridine rings is 1. The number of carbonyl (C=O) groups excluding carboxylic acids is 1. The molecule has 4 rings (SSSR count). The van der Waals surface area contributed by atoms with Gasteiger partial charge in [-0.05, 0) is 31.5 Å². The molecule has 0 atom stereocenters. The summed E-state index contributed by atoms with van der Waals surface area (Å²) in [6, 6.07) is 19.0. The molecule has 0 spiro atoms. The van der Waals surface area contributed by atoms with Crippen LogP contribution < -0.4 is 20.4 Å². The van der Waals surface area contributed by atoms with Gasteiger partial charge in [-0.15, -0.1) is 0 Å². The molecule has 1 aliphatic heterocycles. The third kappa shape index (κ3) is 3.81. The molecule has 3 aromatic rings.